The van der Waals surface area contributed by atoms with Crippen LogP contribution < -0.4 is 11.1 Å². The monoisotopic (exact) mass is 222 g/mol. The van der Waals surface area contributed by atoms with E-state index in [1.54, 1.807) is 6.20 Å². The Kier molecular flexibility index (Phi) is 5.64. The summed E-state index contributed by atoms with van der Waals surface area (Å²) in [6, 6.07) is 3.77. The molecule has 0 atom stereocenters. The smallest absolute Gasteiger partial charge is 0.123 e. The topological polar surface area (TPSA) is 54.2 Å². The summed E-state index contributed by atoms with van der Waals surface area (Å²) in [4.78, 5) is 6.45. The van der Waals surface area contributed by atoms with Crippen LogP contribution in [0.1, 0.15) is 20.3 Å². The number of nitrogen functional groups attached to an aromatic ring is 1. The minimum absolute atomic E-state index is 0.564. The van der Waals surface area contributed by atoms with E-state index < -0.39 is 0 Å². The Balaban J connectivity index is 2.18. The van der Waals surface area contributed by atoms with Gasteiger partial charge in [0, 0.05) is 6.54 Å². The molecule has 1 aromatic heterocycles. The number of nitrogens with zero attached hydrogens (tertiary/aromatic N) is 2. The third kappa shape index (κ3) is 4.49. The molecule has 0 aliphatic heterocycles. The van der Waals surface area contributed by atoms with Gasteiger partial charge in [-0.3, -0.25) is 0 Å². The highest BCUT2D eigenvalue weighted by atomic mass is 15.1. The van der Waals surface area contributed by atoms with E-state index in [0.717, 1.165) is 38.3 Å². The van der Waals surface area contributed by atoms with Gasteiger partial charge >= 0.3 is 0 Å². The van der Waals surface area contributed by atoms with Crippen LogP contribution in [0.15, 0.2) is 18.3 Å². The maximum absolute atomic E-state index is 5.51. The summed E-state index contributed by atoms with van der Waals surface area (Å²) in [5.74, 6) is 0.564. The molecule has 1 aromatic rings. The van der Waals surface area contributed by atoms with Crippen molar-refractivity contribution in [3.05, 3.63) is 18.3 Å². The van der Waals surface area contributed by atoms with Crippen LogP contribution in [0.4, 0.5) is 11.5 Å². The van der Waals surface area contributed by atoms with Crippen molar-refractivity contribution in [2.45, 2.75) is 20.3 Å². The van der Waals surface area contributed by atoms with Gasteiger partial charge in [-0.05, 0) is 38.2 Å². The lowest BCUT2D eigenvalue weighted by atomic mass is 10.3. The van der Waals surface area contributed by atoms with E-state index in [0.29, 0.717) is 5.82 Å². The Bertz CT molecular complexity index is 280. The predicted molar refractivity (Wildman–Crippen MR) is 69.5 cm³/mol. The zero-order chi connectivity index (χ0) is 11.8. The normalized spacial score (nSPS) is 10.7. The fraction of sp³-hybridized carbons (Fsp3) is 0.583. The first kappa shape index (κ1) is 12.8. The molecule has 0 aliphatic rings. The molecule has 0 bridgehead atoms. The molecule has 0 fully saturated rings. The number of aromatic nitrogens is 1. The summed E-state index contributed by atoms with van der Waals surface area (Å²) in [5, 5.41) is 3.33. The molecule has 0 saturated carbocycles. The molecule has 0 spiro atoms. The molecular weight excluding hydrogens is 200 g/mol. The summed E-state index contributed by atoms with van der Waals surface area (Å²) < 4.78 is 0. The first-order chi connectivity index (χ1) is 7.76. The predicted octanol–water partition coefficient (Wildman–Crippen LogP) is 1.81. The largest absolute Gasteiger partial charge is 0.384 e. The van der Waals surface area contributed by atoms with Crippen molar-refractivity contribution < 1.29 is 0 Å². The van der Waals surface area contributed by atoms with Gasteiger partial charge in [0.25, 0.3) is 0 Å². The summed E-state index contributed by atoms with van der Waals surface area (Å²) in [7, 11) is 0. The molecule has 1 rings (SSSR count). The Morgan fingerprint density at radius 2 is 2.06 bits per heavy atom. The van der Waals surface area contributed by atoms with Gasteiger partial charge in [-0.1, -0.05) is 13.8 Å². The zero-order valence-electron chi connectivity index (χ0n) is 10.2. The minimum Gasteiger partial charge on any atom is -0.384 e. The number of rotatable bonds is 7. The Morgan fingerprint density at radius 3 is 2.62 bits per heavy atom. The van der Waals surface area contributed by atoms with E-state index in [1.807, 2.05) is 12.1 Å². The van der Waals surface area contributed by atoms with Crippen LogP contribution >= 0.6 is 0 Å². The van der Waals surface area contributed by atoms with Gasteiger partial charge in [0.15, 0.2) is 0 Å². The highest BCUT2D eigenvalue weighted by Crippen LogP contribution is 2.06. The third-order valence-corrected chi connectivity index (χ3v) is 2.66. The van der Waals surface area contributed by atoms with Crippen molar-refractivity contribution in [2.24, 2.45) is 0 Å². The summed E-state index contributed by atoms with van der Waals surface area (Å²) in [6.07, 6.45) is 2.92. The van der Waals surface area contributed by atoms with Crippen LogP contribution in [0.5, 0.6) is 0 Å². The van der Waals surface area contributed by atoms with Crippen LogP contribution in [0.2, 0.25) is 0 Å². The van der Waals surface area contributed by atoms with Crippen molar-refractivity contribution in [3.8, 4) is 0 Å². The minimum atomic E-state index is 0.564. The fourth-order valence-corrected chi connectivity index (χ4v) is 1.59. The second kappa shape index (κ2) is 7.06. The maximum atomic E-state index is 5.51. The van der Waals surface area contributed by atoms with E-state index in [4.69, 9.17) is 5.73 Å². The molecular formula is C12H22N4. The van der Waals surface area contributed by atoms with E-state index in [9.17, 15) is 0 Å². The summed E-state index contributed by atoms with van der Waals surface area (Å²) in [5.41, 5.74) is 6.55. The molecule has 90 valence electrons. The van der Waals surface area contributed by atoms with Crippen LogP contribution in [0.3, 0.4) is 0 Å². The lowest BCUT2D eigenvalue weighted by Crippen LogP contribution is -2.25. The molecule has 0 aromatic carbocycles. The number of hydrogen-bond acceptors (Lipinski definition) is 4. The van der Waals surface area contributed by atoms with Crippen molar-refractivity contribution in [1.29, 1.82) is 0 Å². The van der Waals surface area contributed by atoms with Crippen molar-refractivity contribution in [1.82, 2.24) is 9.88 Å². The van der Waals surface area contributed by atoms with Crippen molar-refractivity contribution >= 4 is 11.5 Å². The first-order valence-electron chi connectivity index (χ1n) is 5.94. The van der Waals surface area contributed by atoms with Crippen LogP contribution in [0.25, 0.3) is 0 Å². The molecule has 0 radical (unpaired) electrons. The second-order valence-electron chi connectivity index (χ2n) is 3.78. The SMILES string of the molecule is CCN(CC)CCCNc1ccc(N)nc1. The van der Waals surface area contributed by atoms with Gasteiger partial charge in [0.05, 0.1) is 11.9 Å². The third-order valence-electron chi connectivity index (χ3n) is 2.66. The molecule has 4 nitrogen and oxygen atoms in total. The average molecular weight is 222 g/mol. The highest BCUT2D eigenvalue weighted by molar-refractivity contribution is 5.45. The van der Waals surface area contributed by atoms with E-state index in [1.165, 1.54) is 0 Å². The van der Waals surface area contributed by atoms with E-state index in [2.05, 4.69) is 29.0 Å². The number of pyridine rings is 1. The Morgan fingerprint density at radius 1 is 1.31 bits per heavy atom. The molecule has 16 heavy (non-hydrogen) atoms. The fourth-order valence-electron chi connectivity index (χ4n) is 1.59. The van der Waals surface area contributed by atoms with Crippen molar-refractivity contribution in [3.63, 3.8) is 0 Å². The number of hydrogen-bond donors (Lipinski definition) is 2. The molecule has 1 heterocycles. The molecule has 0 amide bonds. The quantitative estimate of drug-likeness (QED) is 0.691. The summed E-state index contributed by atoms with van der Waals surface area (Å²) in [6.45, 7) is 8.76. The number of anilines is 2. The zero-order valence-corrected chi connectivity index (χ0v) is 10.2. The van der Waals surface area contributed by atoms with Crippen molar-refractivity contribution in [2.75, 3.05) is 37.2 Å². The Hall–Kier alpha value is -1.29. The van der Waals surface area contributed by atoms with Gasteiger partial charge < -0.3 is 16.0 Å². The van der Waals surface area contributed by atoms with Gasteiger partial charge in [-0.25, -0.2) is 4.98 Å². The first-order valence-corrected chi connectivity index (χ1v) is 5.94. The van der Waals surface area contributed by atoms with Crippen LogP contribution in [-0.4, -0.2) is 36.1 Å². The van der Waals surface area contributed by atoms with E-state index >= 15 is 0 Å². The number of nitrogens with one attached hydrogen (secondary N) is 1. The van der Waals surface area contributed by atoms with Gasteiger partial charge in [0.2, 0.25) is 0 Å². The molecule has 0 aliphatic carbocycles. The average Bonchev–Trinajstić information content (AvgIpc) is 2.32. The second-order valence-corrected chi connectivity index (χ2v) is 3.78. The molecule has 4 heteroatoms. The molecule has 0 saturated heterocycles. The summed E-state index contributed by atoms with van der Waals surface area (Å²) >= 11 is 0. The van der Waals surface area contributed by atoms with Crippen LogP contribution in [0, 0.1) is 0 Å². The lowest BCUT2D eigenvalue weighted by molar-refractivity contribution is 0.303. The van der Waals surface area contributed by atoms with Gasteiger partial charge in [-0.2, -0.15) is 0 Å². The standard InChI is InChI=1S/C12H22N4/c1-3-16(4-2)9-5-8-14-11-6-7-12(13)15-10-11/h6-7,10,14H,3-5,8-9H2,1-2H3,(H2,13,15). The lowest BCUT2D eigenvalue weighted by Gasteiger charge is -2.17. The maximum Gasteiger partial charge on any atom is 0.123 e. The molecule has 0 unspecified atom stereocenters. The number of nitrogens with two attached hydrogens (primary N) is 1. The highest BCUT2D eigenvalue weighted by Gasteiger charge is 1.98. The molecule has 3 N–H and O–H groups in total. The van der Waals surface area contributed by atoms with Gasteiger partial charge in [-0.15, -0.1) is 0 Å². The Labute approximate surface area is 97.9 Å². The van der Waals surface area contributed by atoms with E-state index in [-0.39, 0.29) is 0 Å². The van der Waals surface area contributed by atoms with Gasteiger partial charge in [0.1, 0.15) is 5.82 Å². The van der Waals surface area contributed by atoms with Crippen LogP contribution in [-0.2, 0) is 0 Å².